The summed E-state index contributed by atoms with van der Waals surface area (Å²) in [6.07, 6.45) is 7.08. The molecule has 7 aromatic carbocycles. The molecule has 0 atom stereocenters. The first kappa shape index (κ1) is 30.7. The molecule has 1 spiro atoms. The van der Waals surface area contributed by atoms with Crippen molar-refractivity contribution in [1.82, 2.24) is 4.57 Å². The summed E-state index contributed by atoms with van der Waals surface area (Å²) in [7, 11) is 0. The molecule has 0 saturated heterocycles. The van der Waals surface area contributed by atoms with Gasteiger partial charge in [0.05, 0.1) is 11.0 Å². The van der Waals surface area contributed by atoms with E-state index in [9.17, 15) is 0 Å². The molecule has 2 aromatic heterocycles. The number of rotatable bonds is 4. The summed E-state index contributed by atoms with van der Waals surface area (Å²) in [4.78, 5) is 2.53. The van der Waals surface area contributed by atoms with Crippen molar-refractivity contribution in [3.05, 3.63) is 169 Å². The highest BCUT2D eigenvalue weighted by Gasteiger charge is 2.61. The van der Waals surface area contributed by atoms with Gasteiger partial charge in [-0.25, -0.2) is 0 Å². The van der Waals surface area contributed by atoms with E-state index in [1.54, 1.807) is 11.1 Å². The van der Waals surface area contributed by atoms with Crippen molar-refractivity contribution in [1.29, 1.82) is 0 Å². The van der Waals surface area contributed by atoms with Crippen LogP contribution in [-0.4, -0.2) is 4.57 Å². The molecule has 0 unspecified atom stereocenters. The molecule has 5 aliphatic carbocycles. The molecule has 4 bridgehead atoms. The van der Waals surface area contributed by atoms with Gasteiger partial charge < -0.3 is 9.47 Å². The van der Waals surface area contributed by atoms with Gasteiger partial charge in [-0.3, -0.25) is 0 Å². The van der Waals surface area contributed by atoms with Crippen molar-refractivity contribution in [3.8, 4) is 16.8 Å². The molecule has 0 N–H and O–H groups in total. The predicted molar refractivity (Wildman–Crippen MR) is 232 cm³/mol. The van der Waals surface area contributed by atoms with Crippen molar-refractivity contribution >= 4 is 70.4 Å². The summed E-state index contributed by atoms with van der Waals surface area (Å²) in [5.41, 5.74) is 13.5. The minimum Gasteiger partial charge on any atom is -0.310 e. The van der Waals surface area contributed by atoms with E-state index in [0.29, 0.717) is 0 Å². The standard InChI is InChI=1S/C52H40N2S/c1-2-10-36(11-3-1)54-48-16-8-5-13-41(48)42-21-18-39(31-49(42)54)53(38-20-23-51-45(30-38)43-14-6-9-17-50(43)55-51)37-19-22-47-44(29-37)40-12-4-7-15-46(40)52(47)34-25-32-24-33(27-34)28-35(52)26-32/h1-23,29-35H,24-28H2. The normalized spacial score (nSPS) is 23.3. The van der Waals surface area contributed by atoms with Gasteiger partial charge in [0, 0.05) is 59.1 Å². The number of anilines is 3. The predicted octanol–water partition coefficient (Wildman–Crippen LogP) is 14.3. The van der Waals surface area contributed by atoms with Crippen LogP contribution in [0.4, 0.5) is 17.1 Å². The number of thiophene rings is 1. The van der Waals surface area contributed by atoms with Crippen LogP contribution in [0.2, 0.25) is 0 Å². The SMILES string of the molecule is c1ccc(-n2c3ccccc3c3ccc(N(c4ccc5c(c4)-c4ccccc4C54C5CC6CC(C5)CC4C6)c4ccc5sc6ccccc6c5c4)cc32)cc1. The van der Waals surface area contributed by atoms with Gasteiger partial charge in [-0.15, -0.1) is 11.3 Å². The lowest BCUT2D eigenvalue weighted by Gasteiger charge is -2.61. The molecule has 2 nitrogen and oxygen atoms in total. The van der Waals surface area contributed by atoms with Crippen LogP contribution < -0.4 is 4.90 Å². The third-order valence-electron chi connectivity index (χ3n) is 14.3. The molecule has 2 heterocycles. The number of fused-ring (bicyclic) bond motifs is 9. The summed E-state index contributed by atoms with van der Waals surface area (Å²) in [6, 6.07) is 59.9. The highest BCUT2D eigenvalue weighted by molar-refractivity contribution is 7.25. The Kier molecular flexibility index (Phi) is 6.25. The summed E-state index contributed by atoms with van der Waals surface area (Å²) < 4.78 is 5.11. The summed E-state index contributed by atoms with van der Waals surface area (Å²) in [6.45, 7) is 0. The van der Waals surface area contributed by atoms with Crippen LogP contribution in [0.15, 0.2) is 158 Å². The minimum atomic E-state index is 0.159. The van der Waals surface area contributed by atoms with Gasteiger partial charge >= 0.3 is 0 Å². The van der Waals surface area contributed by atoms with Crippen LogP contribution in [0.25, 0.3) is 58.8 Å². The fourth-order valence-electron chi connectivity index (χ4n) is 12.5. The third kappa shape index (κ3) is 4.14. The average molecular weight is 725 g/mol. The zero-order chi connectivity index (χ0) is 35.8. The van der Waals surface area contributed by atoms with E-state index >= 15 is 0 Å². The number of para-hydroxylation sites is 2. The van der Waals surface area contributed by atoms with Crippen LogP contribution in [0.5, 0.6) is 0 Å². The minimum absolute atomic E-state index is 0.159. The molecule has 0 amide bonds. The Bertz CT molecular complexity index is 2990. The quantitative estimate of drug-likeness (QED) is 0.175. The maximum absolute atomic E-state index is 2.57. The van der Waals surface area contributed by atoms with Gasteiger partial charge in [0.15, 0.2) is 0 Å². The lowest BCUT2D eigenvalue weighted by molar-refractivity contribution is -0.0399. The summed E-state index contributed by atoms with van der Waals surface area (Å²) in [5.74, 6) is 3.38. The lowest BCUT2D eigenvalue weighted by Crippen LogP contribution is -2.55. The van der Waals surface area contributed by atoms with Gasteiger partial charge in [-0.05, 0) is 145 Å². The zero-order valence-electron chi connectivity index (χ0n) is 30.7. The van der Waals surface area contributed by atoms with E-state index < -0.39 is 0 Å². The lowest BCUT2D eigenvalue weighted by atomic mass is 9.43. The van der Waals surface area contributed by atoms with Crippen LogP contribution in [0.3, 0.4) is 0 Å². The molecule has 0 aliphatic heterocycles. The molecule has 0 radical (unpaired) electrons. The van der Waals surface area contributed by atoms with E-state index in [1.807, 2.05) is 11.3 Å². The Hall–Kier alpha value is -5.64. The van der Waals surface area contributed by atoms with E-state index in [1.165, 1.54) is 108 Å². The van der Waals surface area contributed by atoms with Crippen LogP contribution in [0, 0.1) is 23.7 Å². The fourth-order valence-corrected chi connectivity index (χ4v) is 13.6. The van der Waals surface area contributed by atoms with Crippen LogP contribution in [0.1, 0.15) is 43.2 Å². The number of nitrogens with zero attached hydrogens (tertiary/aromatic N) is 2. The third-order valence-corrected chi connectivity index (χ3v) is 15.5. The van der Waals surface area contributed by atoms with Crippen molar-refractivity contribution in [2.45, 2.75) is 37.5 Å². The van der Waals surface area contributed by atoms with Gasteiger partial charge in [0.2, 0.25) is 0 Å². The second-order valence-corrected chi connectivity index (χ2v) is 18.0. The Morgan fingerprint density at radius 1 is 0.455 bits per heavy atom. The van der Waals surface area contributed by atoms with Gasteiger partial charge in [-0.2, -0.15) is 0 Å². The van der Waals surface area contributed by atoms with Crippen LogP contribution >= 0.6 is 11.3 Å². The first-order valence-corrected chi connectivity index (χ1v) is 21.1. The van der Waals surface area contributed by atoms with E-state index in [0.717, 1.165) is 23.7 Å². The largest absolute Gasteiger partial charge is 0.310 e. The molecule has 4 saturated carbocycles. The second-order valence-electron chi connectivity index (χ2n) is 17.0. The van der Waals surface area contributed by atoms with Crippen LogP contribution in [-0.2, 0) is 5.41 Å². The van der Waals surface area contributed by atoms with Gasteiger partial charge in [-0.1, -0.05) is 91.0 Å². The topological polar surface area (TPSA) is 8.17 Å². The molecule has 55 heavy (non-hydrogen) atoms. The monoisotopic (exact) mass is 724 g/mol. The first-order chi connectivity index (χ1) is 27.2. The number of hydrogen-bond acceptors (Lipinski definition) is 2. The molecule has 264 valence electrons. The smallest absolute Gasteiger partial charge is 0.0561 e. The van der Waals surface area contributed by atoms with Crippen molar-refractivity contribution in [3.63, 3.8) is 0 Å². The van der Waals surface area contributed by atoms with Crippen molar-refractivity contribution in [2.75, 3.05) is 4.90 Å². The zero-order valence-corrected chi connectivity index (χ0v) is 31.5. The Balaban J connectivity index is 1.06. The van der Waals surface area contributed by atoms with Gasteiger partial charge in [0.1, 0.15) is 0 Å². The Morgan fingerprint density at radius 2 is 1.07 bits per heavy atom. The van der Waals surface area contributed by atoms with E-state index in [-0.39, 0.29) is 5.41 Å². The summed E-state index contributed by atoms with van der Waals surface area (Å²) in [5, 5.41) is 5.20. The maximum atomic E-state index is 2.57. The molecule has 9 aromatic rings. The highest BCUT2D eigenvalue weighted by Crippen LogP contribution is 2.69. The molecule has 3 heteroatoms. The number of aromatic nitrogens is 1. The molecule has 4 fully saturated rings. The number of benzene rings is 7. The van der Waals surface area contributed by atoms with Crippen molar-refractivity contribution < 1.29 is 0 Å². The average Bonchev–Trinajstić information content (AvgIpc) is 3.86. The Morgan fingerprint density at radius 3 is 1.93 bits per heavy atom. The highest BCUT2D eigenvalue weighted by atomic mass is 32.1. The van der Waals surface area contributed by atoms with Crippen molar-refractivity contribution in [2.24, 2.45) is 23.7 Å². The summed E-state index contributed by atoms with van der Waals surface area (Å²) >= 11 is 1.89. The molecular weight excluding hydrogens is 685 g/mol. The second kappa shape index (κ2) is 11.2. The molecular formula is C52H40N2S. The van der Waals surface area contributed by atoms with Gasteiger partial charge in [0.25, 0.3) is 0 Å². The molecule has 5 aliphatic rings. The maximum Gasteiger partial charge on any atom is 0.0561 e. The van der Waals surface area contributed by atoms with E-state index in [2.05, 4.69) is 167 Å². The van der Waals surface area contributed by atoms with E-state index in [4.69, 9.17) is 0 Å². The molecule has 14 rings (SSSR count). The number of hydrogen-bond donors (Lipinski definition) is 0. The fraction of sp³-hybridized carbons (Fsp3) is 0.192. The Labute approximate surface area is 325 Å². The first-order valence-electron chi connectivity index (χ1n) is 20.3.